The fraction of sp³-hybridized carbons (Fsp3) is 0.130. The van der Waals surface area contributed by atoms with Gasteiger partial charge in [-0.25, -0.2) is 14.4 Å². The Hall–Kier alpha value is -3.53. The molecule has 4 N–H and O–H groups in total. The molecule has 0 spiro atoms. The Morgan fingerprint density at radius 1 is 1.21 bits per heavy atom. The van der Waals surface area contributed by atoms with Gasteiger partial charge < -0.3 is 16.4 Å². The Kier molecular flexibility index (Phi) is 7.06. The van der Waals surface area contributed by atoms with E-state index in [0.717, 1.165) is 11.1 Å². The Morgan fingerprint density at radius 3 is 2.76 bits per heavy atom. The molecule has 0 bridgehead atoms. The number of rotatable bonds is 7. The number of hydrogen-bond donors (Lipinski definition) is 3. The van der Waals surface area contributed by atoms with Crippen molar-refractivity contribution < 1.29 is 9.18 Å². The average molecular weight is 500 g/mol. The van der Waals surface area contributed by atoms with E-state index in [4.69, 9.17) is 28.9 Å². The number of benzene rings is 2. The first-order chi connectivity index (χ1) is 16.3. The maximum Gasteiger partial charge on any atom is 0.272 e. The number of nitrogens with zero attached hydrogens (tertiary/aromatic N) is 4. The Bertz CT molecular complexity index is 1340. The summed E-state index contributed by atoms with van der Waals surface area (Å²) in [5.74, 6) is -0.0830. The molecule has 2 heterocycles. The van der Waals surface area contributed by atoms with Gasteiger partial charge in [-0.15, -0.1) is 0 Å². The van der Waals surface area contributed by atoms with Crippen LogP contribution in [0.25, 0.3) is 5.82 Å². The van der Waals surface area contributed by atoms with E-state index in [1.807, 2.05) is 13.0 Å². The molecule has 0 aliphatic carbocycles. The fourth-order valence-corrected chi connectivity index (χ4v) is 3.67. The second kappa shape index (κ2) is 10.2. The molecule has 174 valence electrons. The van der Waals surface area contributed by atoms with E-state index < -0.39 is 17.8 Å². The largest absolute Gasteiger partial charge is 0.343 e. The van der Waals surface area contributed by atoms with E-state index in [9.17, 15) is 9.18 Å². The lowest BCUT2D eigenvalue weighted by Crippen LogP contribution is -2.33. The monoisotopic (exact) mass is 499 g/mol. The number of aromatic nitrogens is 4. The summed E-state index contributed by atoms with van der Waals surface area (Å²) < 4.78 is 14.9. The van der Waals surface area contributed by atoms with Gasteiger partial charge in [0.05, 0.1) is 16.8 Å². The second-order valence-electron chi connectivity index (χ2n) is 7.43. The summed E-state index contributed by atoms with van der Waals surface area (Å²) in [5, 5.41) is 6.59. The molecule has 34 heavy (non-hydrogen) atoms. The van der Waals surface area contributed by atoms with Crippen LogP contribution in [0.1, 0.15) is 27.7 Å². The van der Waals surface area contributed by atoms with Gasteiger partial charge in [-0.05, 0) is 42.8 Å². The SMILES string of the molecule is Cc1cnc(Nc2ccc(F)cc2Cl)nc1-n1cnc(C(=O)NC(CN)c2cccc(Cl)c2)c1. The van der Waals surface area contributed by atoms with Crippen LogP contribution < -0.4 is 16.4 Å². The molecular weight excluding hydrogens is 480 g/mol. The summed E-state index contributed by atoms with van der Waals surface area (Å²) in [6, 6.07) is 10.7. The number of nitrogens with two attached hydrogens (primary N) is 1. The van der Waals surface area contributed by atoms with Gasteiger partial charge in [-0.2, -0.15) is 4.98 Å². The number of halogens is 3. The Balaban J connectivity index is 1.54. The number of anilines is 2. The van der Waals surface area contributed by atoms with E-state index in [1.54, 1.807) is 35.2 Å². The quantitative estimate of drug-likeness (QED) is 0.343. The maximum atomic E-state index is 13.3. The standard InChI is InChI=1S/C23H20Cl2FN7O/c1-13-10-28-23(31-18-6-5-16(26)8-17(18)25)32-21(13)33-11-20(29-12-33)22(34)30-19(9-27)14-3-2-4-15(24)7-14/h2-8,10-12,19H,9,27H2,1H3,(H,30,34)(H,28,31,32). The topological polar surface area (TPSA) is 111 Å². The minimum Gasteiger partial charge on any atom is -0.343 e. The Morgan fingerprint density at radius 2 is 2.03 bits per heavy atom. The van der Waals surface area contributed by atoms with Crippen LogP contribution in [0.2, 0.25) is 10.0 Å². The van der Waals surface area contributed by atoms with E-state index in [-0.39, 0.29) is 23.2 Å². The van der Waals surface area contributed by atoms with Crippen molar-refractivity contribution in [2.75, 3.05) is 11.9 Å². The number of hydrogen-bond acceptors (Lipinski definition) is 6. The molecule has 1 atom stereocenters. The molecule has 0 saturated heterocycles. The first-order valence-corrected chi connectivity index (χ1v) is 11.0. The molecule has 0 aliphatic heterocycles. The zero-order chi connectivity index (χ0) is 24.2. The third-order valence-corrected chi connectivity index (χ3v) is 5.52. The molecule has 1 unspecified atom stereocenters. The highest BCUT2D eigenvalue weighted by Gasteiger charge is 2.18. The Labute approximate surface area is 205 Å². The molecule has 8 nitrogen and oxygen atoms in total. The van der Waals surface area contributed by atoms with Gasteiger partial charge in [-0.1, -0.05) is 35.3 Å². The number of nitrogens with one attached hydrogen (secondary N) is 2. The summed E-state index contributed by atoms with van der Waals surface area (Å²) in [6.07, 6.45) is 4.66. The van der Waals surface area contributed by atoms with E-state index >= 15 is 0 Å². The zero-order valence-corrected chi connectivity index (χ0v) is 19.5. The number of amides is 1. The van der Waals surface area contributed by atoms with Crippen LogP contribution in [-0.4, -0.2) is 32.0 Å². The summed E-state index contributed by atoms with van der Waals surface area (Å²) in [7, 11) is 0. The molecule has 4 aromatic rings. The van der Waals surface area contributed by atoms with Crippen molar-refractivity contribution in [2.45, 2.75) is 13.0 Å². The first-order valence-electron chi connectivity index (χ1n) is 10.2. The average Bonchev–Trinajstić information content (AvgIpc) is 3.30. The zero-order valence-electron chi connectivity index (χ0n) is 18.0. The fourth-order valence-electron chi connectivity index (χ4n) is 3.26. The third kappa shape index (κ3) is 5.33. The lowest BCUT2D eigenvalue weighted by atomic mass is 10.1. The molecule has 0 radical (unpaired) electrons. The highest BCUT2D eigenvalue weighted by atomic mass is 35.5. The van der Waals surface area contributed by atoms with Crippen LogP contribution in [-0.2, 0) is 0 Å². The van der Waals surface area contributed by atoms with Gasteiger partial charge in [0.2, 0.25) is 5.95 Å². The molecule has 11 heteroatoms. The van der Waals surface area contributed by atoms with Crippen molar-refractivity contribution in [3.05, 3.63) is 93.9 Å². The number of carbonyl (C=O) groups excluding carboxylic acids is 1. The minimum absolute atomic E-state index is 0.189. The second-order valence-corrected chi connectivity index (χ2v) is 8.28. The first kappa shape index (κ1) is 23.6. The number of carbonyl (C=O) groups is 1. The number of imidazole rings is 1. The predicted octanol–water partition coefficient (Wildman–Crippen LogP) is 4.59. The molecule has 4 rings (SSSR count). The van der Waals surface area contributed by atoms with Crippen molar-refractivity contribution in [2.24, 2.45) is 5.73 Å². The molecule has 2 aromatic carbocycles. The summed E-state index contributed by atoms with van der Waals surface area (Å²) in [4.78, 5) is 25.8. The van der Waals surface area contributed by atoms with Crippen molar-refractivity contribution in [1.82, 2.24) is 24.8 Å². The number of aryl methyl sites for hydroxylation is 1. The highest BCUT2D eigenvalue weighted by molar-refractivity contribution is 6.33. The molecule has 2 aromatic heterocycles. The van der Waals surface area contributed by atoms with Crippen molar-refractivity contribution in [3.63, 3.8) is 0 Å². The van der Waals surface area contributed by atoms with Crippen LogP contribution >= 0.6 is 23.2 Å². The third-order valence-electron chi connectivity index (χ3n) is 4.97. The maximum absolute atomic E-state index is 13.3. The summed E-state index contributed by atoms with van der Waals surface area (Å²) in [6.45, 7) is 2.02. The van der Waals surface area contributed by atoms with E-state index in [2.05, 4.69) is 25.6 Å². The highest BCUT2D eigenvalue weighted by Crippen LogP contribution is 2.25. The lowest BCUT2D eigenvalue weighted by molar-refractivity contribution is 0.0933. The predicted molar refractivity (Wildman–Crippen MR) is 129 cm³/mol. The van der Waals surface area contributed by atoms with Gasteiger partial charge >= 0.3 is 0 Å². The van der Waals surface area contributed by atoms with Crippen LogP contribution in [0.5, 0.6) is 0 Å². The molecule has 0 aliphatic rings. The van der Waals surface area contributed by atoms with Crippen LogP contribution in [0, 0.1) is 12.7 Å². The van der Waals surface area contributed by atoms with Crippen molar-refractivity contribution in [3.8, 4) is 5.82 Å². The van der Waals surface area contributed by atoms with Gasteiger partial charge in [0, 0.05) is 29.5 Å². The van der Waals surface area contributed by atoms with Crippen molar-refractivity contribution >= 4 is 40.7 Å². The van der Waals surface area contributed by atoms with Gasteiger partial charge in [0.25, 0.3) is 5.91 Å². The summed E-state index contributed by atoms with van der Waals surface area (Å²) in [5.41, 5.74) is 8.05. The van der Waals surface area contributed by atoms with Crippen molar-refractivity contribution in [1.29, 1.82) is 0 Å². The summed E-state index contributed by atoms with van der Waals surface area (Å²) >= 11 is 12.1. The van der Waals surface area contributed by atoms with E-state index in [1.165, 1.54) is 24.5 Å². The van der Waals surface area contributed by atoms with Gasteiger partial charge in [0.1, 0.15) is 23.7 Å². The minimum atomic E-state index is -0.447. The normalized spacial score (nSPS) is 11.8. The lowest BCUT2D eigenvalue weighted by Gasteiger charge is -2.16. The molecular formula is C23H20Cl2FN7O. The van der Waals surface area contributed by atoms with Crippen LogP contribution in [0.4, 0.5) is 16.0 Å². The van der Waals surface area contributed by atoms with E-state index in [0.29, 0.717) is 16.5 Å². The van der Waals surface area contributed by atoms with Gasteiger partial charge in [0.15, 0.2) is 0 Å². The molecule has 0 fully saturated rings. The molecule has 1 amide bonds. The van der Waals surface area contributed by atoms with Gasteiger partial charge in [-0.3, -0.25) is 9.36 Å². The van der Waals surface area contributed by atoms with Crippen LogP contribution in [0.15, 0.2) is 61.2 Å². The smallest absolute Gasteiger partial charge is 0.272 e. The molecule has 0 saturated carbocycles. The van der Waals surface area contributed by atoms with Crippen LogP contribution in [0.3, 0.4) is 0 Å².